The van der Waals surface area contributed by atoms with E-state index in [1.165, 1.54) is 0 Å². The standard InChI is InChI=1S/C13H23N3O2/c1-5-18-12(17)13(4,14)7-6-8-16-9-15-10(2)11(16)3/h9H,5-8,14H2,1-4H3. The number of imidazole rings is 1. The van der Waals surface area contributed by atoms with Crippen molar-refractivity contribution >= 4 is 5.97 Å². The summed E-state index contributed by atoms with van der Waals surface area (Å²) in [7, 11) is 0. The zero-order valence-electron chi connectivity index (χ0n) is 11.7. The Hall–Kier alpha value is -1.36. The molecule has 0 aromatic carbocycles. The number of carbonyl (C=O) groups excluding carboxylic acids is 1. The van der Waals surface area contributed by atoms with Crippen molar-refractivity contribution in [3.63, 3.8) is 0 Å². The maximum Gasteiger partial charge on any atom is 0.325 e. The van der Waals surface area contributed by atoms with E-state index in [0.29, 0.717) is 13.0 Å². The second-order valence-electron chi connectivity index (χ2n) is 4.85. The van der Waals surface area contributed by atoms with E-state index in [0.717, 1.165) is 24.4 Å². The molecule has 1 rings (SSSR count). The molecule has 18 heavy (non-hydrogen) atoms. The number of hydrogen-bond acceptors (Lipinski definition) is 4. The molecular formula is C13H23N3O2. The lowest BCUT2D eigenvalue weighted by Gasteiger charge is -2.22. The number of carbonyl (C=O) groups is 1. The van der Waals surface area contributed by atoms with Gasteiger partial charge in [-0.05, 0) is 40.5 Å². The zero-order chi connectivity index (χ0) is 13.8. The molecule has 5 nitrogen and oxygen atoms in total. The van der Waals surface area contributed by atoms with Crippen molar-refractivity contribution in [3.05, 3.63) is 17.7 Å². The number of aromatic nitrogens is 2. The Morgan fingerprint density at radius 1 is 1.56 bits per heavy atom. The average molecular weight is 253 g/mol. The molecule has 0 saturated heterocycles. The normalized spacial score (nSPS) is 14.3. The van der Waals surface area contributed by atoms with Gasteiger partial charge in [0.1, 0.15) is 5.54 Å². The predicted octanol–water partition coefficient (Wildman–Crippen LogP) is 1.56. The molecule has 1 aromatic heterocycles. The fraction of sp³-hybridized carbons (Fsp3) is 0.692. The maximum absolute atomic E-state index is 11.6. The summed E-state index contributed by atoms with van der Waals surface area (Å²) in [6, 6.07) is 0. The first kappa shape index (κ1) is 14.7. The van der Waals surface area contributed by atoms with Crippen LogP contribution >= 0.6 is 0 Å². The van der Waals surface area contributed by atoms with Gasteiger partial charge in [-0.1, -0.05) is 0 Å². The Labute approximate surface area is 108 Å². The van der Waals surface area contributed by atoms with E-state index in [1.807, 2.05) is 20.2 Å². The van der Waals surface area contributed by atoms with Crippen molar-refractivity contribution in [3.8, 4) is 0 Å². The third kappa shape index (κ3) is 3.57. The smallest absolute Gasteiger partial charge is 0.325 e. The Morgan fingerprint density at radius 2 is 2.22 bits per heavy atom. The molecule has 0 saturated carbocycles. The summed E-state index contributed by atoms with van der Waals surface area (Å²) in [4.78, 5) is 15.8. The van der Waals surface area contributed by atoms with E-state index in [2.05, 4.69) is 9.55 Å². The molecule has 0 fully saturated rings. The van der Waals surface area contributed by atoms with E-state index in [1.54, 1.807) is 13.8 Å². The third-order valence-electron chi connectivity index (χ3n) is 3.18. The minimum Gasteiger partial charge on any atom is -0.465 e. The molecule has 1 atom stereocenters. The maximum atomic E-state index is 11.6. The highest BCUT2D eigenvalue weighted by molar-refractivity contribution is 5.79. The van der Waals surface area contributed by atoms with Gasteiger partial charge in [0.25, 0.3) is 0 Å². The first-order valence-electron chi connectivity index (χ1n) is 6.33. The Balaban J connectivity index is 2.46. The van der Waals surface area contributed by atoms with Crippen LogP contribution in [0.2, 0.25) is 0 Å². The molecule has 2 N–H and O–H groups in total. The molecule has 5 heteroatoms. The van der Waals surface area contributed by atoms with E-state index < -0.39 is 5.54 Å². The van der Waals surface area contributed by atoms with Gasteiger partial charge in [-0.25, -0.2) is 4.98 Å². The van der Waals surface area contributed by atoms with Gasteiger partial charge in [-0.15, -0.1) is 0 Å². The van der Waals surface area contributed by atoms with Crippen molar-refractivity contribution in [1.29, 1.82) is 0 Å². The molecule has 0 amide bonds. The molecule has 0 aliphatic carbocycles. The second kappa shape index (κ2) is 6.00. The molecular weight excluding hydrogens is 230 g/mol. The first-order chi connectivity index (χ1) is 8.38. The first-order valence-corrected chi connectivity index (χ1v) is 6.33. The fourth-order valence-electron chi connectivity index (χ4n) is 1.78. The Kier molecular flexibility index (Phi) is 4.90. The summed E-state index contributed by atoms with van der Waals surface area (Å²) in [6.45, 7) is 8.71. The SMILES string of the molecule is CCOC(=O)C(C)(N)CCCn1cnc(C)c1C. The van der Waals surface area contributed by atoms with Crippen LogP contribution in [0.5, 0.6) is 0 Å². The van der Waals surface area contributed by atoms with Crippen LogP contribution in [0.25, 0.3) is 0 Å². The van der Waals surface area contributed by atoms with E-state index in [-0.39, 0.29) is 5.97 Å². The van der Waals surface area contributed by atoms with Crippen LogP contribution in [0.4, 0.5) is 0 Å². The van der Waals surface area contributed by atoms with E-state index in [9.17, 15) is 4.79 Å². The van der Waals surface area contributed by atoms with Crippen LogP contribution in [0.15, 0.2) is 6.33 Å². The summed E-state index contributed by atoms with van der Waals surface area (Å²) in [6.07, 6.45) is 3.24. The van der Waals surface area contributed by atoms with E-state index >= 15 is 0 Å². The van der Waals surface area contributed by atoms with Crippen molar-refractivity contribution in [1.82, 2.24) is 9.55 Å². The minimum atomic E-state index is -0.903. The lowest BCUT2D eigenvalue weighted by molar-refractivity contribution is -0.149. The van der Waals surface area contributed by atoms with Gasteiger partial charge in [0, 0.05) is 12.2 Å². The number of hydrogen-bond donors (Lipinski definition) is 1. The monoisotopic (exact) mass is 253 g/mol. The van der Waals surface area contributed by atoms with Gasteiger partial charge >= 0.3 is 5.97 Å². The number of aryl methyl sites for hydroxylation is 2. The molecule has 1 aromatic rings. The second-order valence-corrected chi connectivity index (χ2v) is 4.85. The largest absolute Gasteiger partial charge is 0.465 e. The summed E-state index contributed by atoms with van der Waals surface area (Å²) in [5.74, 6) is -0.330. The van der Waals surface area contributed by atoms with Gasteiger partial charge in [-0.2, -0.15) is 0 Å². The zero-order valence-corrected chi connectivity index (χ0v) is 11.7. The third-order valence-corrected chi connectivity index (χ3v) is 3.18. The van der Waals surface area contributed by atoms with Gasteiger partial charge in [0.05, 0.1) is 18.6 Å². The van der Waals surface area contributed by atoms with Crippen molar-refractivity contribution in [2.45, 2.75) is 52.6 Å². The average Bonchev–Trinajstić information content (AvgIpc) is 2.61. The van der Waals surface area contributed by atoms with Gasteiger partial charge in [-0.3, -0.25) is 4.79 Å². The molecule has 1 heterocycles. The molecule has 0 bridgehead atoms. The van der Waals surface area contributed by atoms with Crippen molar-refractivity contribution in [2.75, 3.05) is 6.61 Å². The van der Waals surface area contributed by atoms with Gasteiger partial charge in [0.2, 0.25) is 0 Å². The van der Waals surface area contributed by atoms with Gasteiger partial charge < -0.3 is 15.0 Å². The highest BCUT2D eigenvalue weighted by Gasteiger charge is 2.29. The molecule has 0 spiro atoms. The summed E-state index contributed by atoms with van der Waals surface area (Å²) < 4.78 is 7.03. The topological polar surface area (TPSA) is 70.1 Å². The molecule has 0 radical (unpaired) electrons. The van der Waals surface area contributed by atoms with Crippen LogP contribution in [-0.2, 0) is 16.1 Å². The summed E-state index contributed by atoms with van der Waals surface area (Å²) >= 11 is 0. The quantitative estimate of drug-likeness (QED) is 0.781. The molecule has 1 unspecified atom stereocenters. The van der Waals surface area contributed by atoms with Crippen LogP contribution in [0.1, 0.15) is 38.1 Å². The highest BCUT2D eigenvalue weighted by Crippen LogP contribution is 2.13. The lowest BCUT2D eigenvalue weighted by atomic mass is 9.97. The highest BCUT2D eigenvalue weighted by atomic mass is 16.5. The summed E-state index contributed by atoms with van der Waals surface area (Å²) in [5.41, 5.74) is 7.25. The fourth-order valence-corrected chi connectivity index (χ4v) is 1.78. The van der Waals surface area contributed by atoms with Crippen molar-refractivity contribution in [2.24, 2.45) is 5.73 Å². The lowest BCUT2D eigenvalue weighted by Crippen LogP contribution is -2.46. The molecule has 0 aliphatic rings. The number of rotatable bonds is 6. The number of nitrogens with two attached hydrogens (primary N) is 1. The molecule has 0 aliphatic heterocycles. The number of nitrogens with zero attached hydrogens (tertiary/aromatic N) is 2. The van der Waals surface area contributed by atoms with Crippen molar-refractivity contribution < 1.29 is 9.53 Å². The van der Waals surface area contributed by atoms with Crippen LogP contribution in [0, 0.1) is 13.8 Å². The Bertz CT molecular complexity index is 410. The number of esters is 1. The van der Waals surface area contributed by atoms with Gasteiger partial charge in [0.15, 0.2) is 0 Å². The van der Waals surface area contributed by atoms with Crippen LogP contribution in [-0.4, -0.2) is 27.7 Å². The predicted molar refractivity (Wildman–Crippen MR) is 70.2 cm³/mol. The van der Waals surface area contributed by atoms with E-state index in [4.69, 9.17) is 10.5 Å². The van der Waals surface area contributed by atoms with Crippen LogP contribution in [0.3, 0.4) is 0 Å². The molecule has 102 valence electrons. The van der Waals surface area contributed by atoms with Crippen LogP contribution < -0.4 is 5.73 Å². The number of ether oxygens (including phenoxy) is 1. The Morgan fingerprint density at radius 3 is 2.72 bits per heavy atom. The minimum absolute atomic E-state index is 0.330. The summed E-state index contributed by atoms with van der Waals surface area (Å²) in [5, 5.41) is 0.